The SMILES string of the molecule is CC=Cc1ccc(C(=O)c2ccc(C=CC)cc2)cc1. The van der Waals surface area contributed by atoms with E-state index >= 15 is 0 Å². The van der Waals surface area contributed by atoms with Gasteiger partial charge in [0.2, 0.25) is 0 Å². The van der Waals surface area contributed by atoms with E-state index < -0.39 is 0 Å². The second-order valence-electron chi connectivity index (χ2n) is 4.57. The van der Waals surface area contributed by atoms with Crippen LogP contribution in [0.2, 0.25) is 0 Å². The van der Waals surface area contributed by atoms with E-state index in [1.165, 1.54) is 0 Å². The molecule has 1 nitrogen and oxygen atoms in total. The van der Waals surface area contributed by atoms with Crippen LogP contribution in [0.4, 0.5) is 0 Å². The lowest BCUT2D eigenvalue weighted by Gasteiger charge is -2.03. The first-order chi connectivity index (χ1) is 9.74. The zero-order valence-electron chi connectivity index (χ0n) is 11.8. The number of rotatable bonds is 4. The Balaban J connectivity index is 2.21. The van der Waals surface area contributed by atoms with Crippen molar-refractivity contribution in [3.8, 4) is 0 Å². The predicted octanol–water partition coefficient (Wildman–Crippen LogP) is 4.98. The summed E-state index contributed by atoms with van der Waals surface area (Å²) in [5.41, 5.74) is 3.65. The van der Waals surface area contributed by atoms with Gasteiger partial charge in [-0.2, -0.15) is 0 Å². The number of hydrogen-bond acceptors (Lipinski definition) is 1. The lowest BCUT2D eigenvalue weighted by molar-refractivity contribution is 0.103. The Morgan fingerprint density at radius 2 is 1.05 bits per heavy atom. The predicted molar refractivity (Wildman–Crippen MR) is 85.7 cm³/mol. The molecule has 0 aliphatic rings. The van der Waals surface area contributed by atoms with Gasteiger partial charge in [0, 0.05) is 11.1 Å². The van der Waals surface area contributed by atoms with Crippen LogP contribution < -0.4 is 0 Å². The Morgan fingerprint density at radius 1 is 0.700 bits per heavy atom. The number of benzene rings is 2. The van der Waals surface area contributed by atoms with Gasteiger partial charge in [0.05, 0.1) is 0 Å². The maximum atomic E-state index is 12.3. The molecule has 0 N–H and O–H groups in total. The van der Waals surface area contributed by atoms with Gasteiger partial charge in [-0.25, -0.2) is 0 Å². The molecule has 0 spiro atoms. The Bertz CT molecular complexity index is 571. The van der Waals surface area contributed by atoms with Crippen molar-refractivity contribution in [3.63, 3.8) is 0 Å². The normalized spacial score (nSPS) is 11.3. The highest BCUT2D eigenvalue weighted by molar-refractivity contribution is 6.09. The van der Waals surface area contributed by atoms with E-state index in [2.05, 4.69) is 0 Å². The molecule has 0 amide bonds. The van der Waals surface area contributed by atoms with Crippen molar-refractivity contribution in [2.75, 3.05) is 0 Å². The van der Waals surface area contributed by atoms with Gasteiger partial charge in [0.15, 0.2) is 5.78 Å². The van der Waals surface area contributed by atoms with Crippen LogP contribution in [0.25, 0.3) is 12.2 Å². The second kappa shape index (κ2) is 6.67. The van der Waals surface area contributed by atoms with Crippen molar-refractivity contribution in [1.82, 2.24) is 0 Å². The molecule has 2 aromatic carbocycles. The molecule has 2 rings (SSSR count). The largest absolute Gasteiger partial charge is 0.289 e. The number of hydrogen-bond donors (Lipinski definition) is 0. The minimum Gasteiger partial charge on any atom is -0.289 e. The van der Waals surface area contributed by atoms with Gasteiger partial charge in [-0.3, -0.25) is 4.79 Å². The molecule has 20 heavy (non-hydrogen) atoms. The quantitative estimate of drug-likeness (QED) is 0.710. The van der Waals surface area contributed by atoms with E-state index in [0.29, 0.717) is 0 Å². The van der Waals surface area contributed by atoms with Gasteiger partial charge in [0.25, 0.3) is 0 Å². The van der Waals surface area contributed by atoms with Crippen LogP contribution in [0.1, 0.15) is 40.9 Å². The number of ketones is 1. The Morgan fingerprint density at radius 3 is 1.35 bits per heavy atom. The summed E-state index contributed by atoms with van der Waals surface area (Å²) in [6.45, 7) is 3.96. The first-order valence-corrected chi connectivity index (χ1v) is 6.75. The van der Waals surface area contributed by atoms with E-state index in [1.54, 1.807) is 0 Å². The Labute approximate surface area is 120 Å². The van der Waals surface area contributed by atoms with Crippen molar-refractivity contribution in [3.05, 3.63) is 82.9 Å². The molecule has 0 aromatic heterocycles. The maximum absolute atomic E-state index is 12.3. The van der Waals surface area contributed by atoms with Crippen molar-refractivity contribution >= 4 is 17.9 Å². The summed E-state index contributed by atoms with van der Waals surface area (Å²) in [7, 11) is 0. The third kappa shape index (κ3) is 3.33. The molecule has 2 aromatic rings. The first kappa shape index (κ1) is 14.0. The Kier molecular flexibility index (Phi) is 4.67. The molecule has 0 aliphatic heterocycles. The summed E-state index contributed by atoms with van der Waals surface area (Å²) in [5, 5.41) is 0. The van der Waals surface area contributed by atoms with Crippen molar-refractivity contribution in [1.29, 1.82) is 0 Å². The molecule has 1 heteroatoms. The molecule has 0 heterocycles. The molecule has 0 fully saturated rings. The number of allylic oxidation sites excluding steroid dienone is 2. The van der Waals surface area contributed by atoms with Gasteiger partial charge in [0.1, 0.15) is 0 Å². The fourth-order valence-electron chi connectivity index (χ4n) is 2.04. The fraction of sp³-hybridized carbons (Fsp3) is 0.105. The van der Waals surface area contributed by atoms with E-state index in [4.69, 9.17) is 0 Å². The minimum atomic E-state index is 0.0593. The summed E-state index contributed by atoms with van der Waals surface area (Å²) in [6.07, 6.45) is 7.99. The summed E-state index contributed by atoms with van der Waals surface area (Å²) < 4.78 is 0. The first-order valence-electron chi connectivity index (χ1n) is 6.75. The summed E-state index contributed by atoms with van der Waals surface area (Å²) in [5.74, 6) is 0.0593. The standard InChI is InChI=1S/C19H18O/c1-3-5-15-7-11-17(12-8-15)19(20)18-13-9-16(6-4-2)10-14-18/h3-14H,1-2H3. The molecule has 0 atom stereocenters. The molecular weight excluding hydrogens is 244 g/mol. The van der Waals surface area contributed by atoms with E-state index in [9.17, 15) is 4.79 Å². The van der Waals surface area contributed by atoms with Gasteiger partial charge in [-0.05, 0) is 25.0 Å². The van der Waals surface area contributed by atoms with Crippen LogP contribution in [-0.4, -0.2) is 5.78 Å². The minimum absolute atomic E-state index is 0.0593. The van der Waals surface area contributed by atoms with Gasteiger partial charge in [-0.15, -0.1) is 0 Å². The highest BCUT2D eigenvalue weighted by atomic mass is 16.1. The van der Waals surface area contributed by atoms with Crippen LogP contribution in [0, 0.1) is 0 Å². The van der Waals surface area contributed by atoms with Crippen LogP contribution in [0.5, 0.6) is 0 Å². The van der Waals surface area contributed by atoms with Gasteiger partial charge < -0.3 is 0 Å². The summed E-state index contributed by atoms with van der Waals surface area (Å²) >= 11 is 0. The average Bonchev–Trinajstić information content (AvgIpc) is 2.49. The van der Waals surface area contributed by atoms with Crippen LogP contribution >= 0.6 is 0 Å². The second-order valence-corrected chi connectivity index (χ2v) is 4.57. The fourth-order valence-corrected chi connectivity index (χ4v) is 2.04. The average molecular weight is 262 g/mol. The number of carbonyl (C=O) groups excluding carboxylic acids is 1. The van der Waals surface area contributed by atoms with Gasteiger partial charge in [-0.1, -0.05) is 72.8 Å². The molecule has 0 unspecified atom stereocenters. The van der Waals surface area contributed by atoms with E-state index in [1.807, 2.05) is 86.7 Å². The monoisotopic (exact) mass is 262 g/mol. The molecule has 0 saturated heterocycles. The zero-order chi connectivity index (χ0) is 14.4. The lowest BCUT2D eigenvalue weighted by Crippen LogP contribution is -2.00. The van der Waals surface area contributed by atoms with E-state index in [0.717, 1.165) is 22.3 Å². The summed E-state index contributed by atoms with van der Waals surface area (Å²) in [4.78, 5) is 12.3. The van der Waals surface area contributed by atoms with Gasteiger partial charge >= 0.3 is 0 Å². The third-order valence-electron chi connectivity index (χ3n) is 3.06. The van der Waals surface area contributed by atoms with Crippen molar-refractivity contribution in [2.45, 2.75) is 13.8 Å². The highest BCUT2D eigenvalue weighted by Crippen LogP contribution is 2.13. The number of carbonyl (C=O) groups is 1. The van der Waals surface area contributed by atoms with Crippen LogP contribution in [-0.2, 0) is 0 Å². The smallest absolute Gasteiger partial charge is 0.193 e. The maximum Gasteiger partial charge on any atom is 0.193 e. The van der Waals surface area contributed by atoms with Crippen molar-refractivity contribution < 1.29 is 4.79 Å². The molecule has 0 radical (unpaired) electrons. The van der Waals surface area contributed by atoms with Crippen LogP contribution in [0.3, 0.4) is 0 Å². The molecule has 0 bridgehead atoms. The molecular formula is C19H18O. The molecule has 0 saturated carbocycles. The Hall–Kier alpha value is -2.41. The van der Waals surface area contributed by atoms with Crippen LogP contribution in [0.15, 0.2) is 60.7 Å². The highest BCUT2D eigenvalue weighted by Gasteiger charge is 2.08. The topological polar surface area (TPSA) is 17.1 Å². The van der Waals surface area contributed by atoms with E-state index in [-0.39, 0.29) is 5.78 Å². The summed E-state index contributed by atoms with van der Waals surface area (Å²) in [6, 6.07) is 15.3. The molecule has 0 aliphatic carbocycles. The zero-order valence-corrected chi connectivity index (χ0v) is 11.8. The third-order valence-corrected chi connectivity index (χ3v) is 3.06. The molecule has 100 valence electrons. The lowest BCUT2D eigenvalue weighted by atomic mass is 10.0. The van der Waals surface area contributed by atoms with Crippen molar-refractivity contribution in [2.24, 2.45) is 0 Å².